The standard InChI is InChI=1S/C19H23N5O3/c1-12-10-23-16(11-22(12)18(26)27-19(2,3)4)15(9-20-23)24-14-8-6-5-7-13(14)21-17(24)25/h5-9,12H,10-11H2,1-4H3,(H,21,25)/t12-/m0/s1. The van der Waals surface area contributed by atoms with E-state index in [4.69, 9.17) is 4.74 Å². The molecule has 0 bridgehead atoms. The number of carbonyl (C=O) groups is 1. The highest BCUT2D eigenvalue weighted by molar-refractivity contribution is 5.77. The third-order valence-corrected chi connectivity index (χ3v) is 4.67. The van der Waals surface area contributed by atoms with Gasteiger partial charge < -0.3 is 9.72 Å². The van der Waals surface area contributed by atoms with Crippen LogP contribution in [-0.4, -0.2) is 42.0 Å². The van der Waals surface area contributed by atoms with Crippen LogP contribution in [0.4, 0.5) is 4.79 Å². The van der Waals surface area contributed by atoms with Crippen LogP contribution >= 0.6 is 0 Å². The van der Waals surface area contributed by atoms with Crippen molar-refractivity contribution in [1.29, 1.82) is 0 Å². The molecule has 27 heavy (non-hydrogen) atoms. The summed E-state index contributed by atoms with van der Waals surface area (Å²) in [5.41, 5.74) is 2.24. The van der Waals surface area contributed by atoms with Crippen molar-refractivity contribution in [1.82, 2.24) is 24.2 Å². The Balaban J connectivity index is 1.76. The number of amides is 1. The zero-order chi connectivity index (χ0) is 19.3. The summed E-state index contributed by atoms with van der Waals surface area (Å²) >= 11 is 0. The highest BCUT2D eigenvalue weighted by Gasteiger charge is 2.33. The van der Waals surface area contributed by atoms with Gasteiger partial charge in [0, 0.05) is 0 Å². The van der Waals surface area contributed by atoms with Crippen molar-refractivity contribution >= 4 is 17.1 Å². The Kier molecular flexibility index (Phi) is 3.87. The van der Waals surface area contributed by atoms with Gasteiger partial charge in [0.25, 0.3) is 0 Å². The lowest BCUT2D eigenvalue weighted by Gasteiger charge is -2.35. The maximum absolute atomic E-state index is 12.6. The summed E-state index contributed by atoms with van der Waals surface area (Å²) in [4.78, 5) is 29.7. The molecular formula is C19H23N5O3. The third-order valence-electron chi connectivity index (χ3n) is 4.67. The number of nitrogens with one attached hydrogen (secondary N) is 1. The predicted molar refractivity (Wildman–Crippen MR) is 101 cm³/mol. The number of aromatic nitrogens is 4. The predicted octanol–water partition coefficient (Wildman–Crippen LogP) is 2.65. The van der Waals surface area contributed by atoms with Gasteiger partial charge in [0.2, 0.25) is 0 Å². The number of rotatable bonds is 1. The van der Waals surface area contributed by atoms with E-state index in [0.29, 0.717) is 18.8 Å². The number of H-pyrrole nitrogens is 1. The van der Waals surface area contributed by atoms with Gasteiger partial charge in [0.1, 0.15) is 5.60 Å². The van der Waals surface area contributed by atoms with Crippen LogP contribution in [0, 0.1) is 0 Å². The van der Waals surface area contributed by atoms with Gasteiger partial charge in [-0.15, -0.1) is 0 Å². The van der Waals surface area contributed by atoms with E-state index in [0.717, 1.165) is 16.7 Å². The number of carbonyl (C=O) groups excluding carboxylic acids is 1. The number of para-hydroxylation sites is 2. The molecule has 8 nitrogen and oxygen atoms in total. The molecule has 1 aliphatic heterocycles. The number of hydrogen-bond donors (Lipinski definition) is 1. The first-order valence-corrected chi connectivity index (χ1v) is 8.99. The number of benzene rings is 1. The van der Waals surface area contributed by atoms with Gasteiger partial charge >= 0.3 is 11.8 Å². The summed E-state index contributed by atoms with van der Waals surface area (Å²) in [7, 11) is 0. The molecule has 8 heteroatoms. The molecule has 1 aliphatic rings. The van der Waals surface area contributed by atoms with Crippen molar-refractivity contribution in [3.8, 4) is 5.69 Å². The third kappa shape index (κ3) is 3.01. The maximum atomic E-state index is 12.6. The van der Waals surface area contributed by atoms with Gasteiger partial charge in [-0.1, -0.05) is 12.1 Å². The SMILES string of the molecule is C[C@H]1Cn2ncc(-n3c(=O)[nH]c4ccccc43)c2CN1C(=O)OC(C)(C)C. The molecule has 0 saturated heterocycles. The lowest BCUT2D eigenvalue weighted by Crippen LogP contribution is -2.47. The first kappa shape index (κ1) is 17.4. The Morgan fingerprint density at radius 1 is 1.30 bits per heavy atom. The van der Waals surface area contributed by atoms with E-state index in [1.54, 1.807) is 15.7 Å². The monoisotopic (exact) mass is 369 g/mol. The molecule has 0 fully saturated rings. The minimum atomic E-state index is -0.564. The Hall–Kier alpha value is -3.03. The quantitative estimate of drug-likeness (QED) is 0.715. The molecule has 2 aromatic heterocycles. The molecule has 1 aromatic carbocycles. The minimum absolute atomic E-state index is 0.0557. The molecule has 0 spiro atoms. The minimum Gasteiger partial charge on any atom is -0.444 e. The molecule has 0 unspecified atom stereocenters. The number of imidazole rings is 1. The Morgan fingerprint density at radius 2 is 2.04 bits per heavy atom. The molecular weight excluding hydrogens is 346 g/mol. The van der Waals surface area contributed by atoms with E-state index < -0.39 is 5.60 Å². The number of nitrogens with zero attached hydrogens (tertiary/aromatic N) is 4. The molecule has 0 saturated carbocycles. The lowest BCUT2D eigenvalue weighted by molar-refractivity contribution is 0.00908. The zero-order valence-electron chi connectivity index (χ0n) is 15.9. The normalized spacial score (nSPS) is 17.2. The highest BCUT2D eigenvalue weighted by atomic mass is 16.6. The summed E-state index contributed by atoms with van der Waals surface area (Å²) in [6.45, 7) is 8.39. The van der Waals surface area contributed by atoms with Crippen LogP contribution < -0.4 is 5.69 Å². The van der Waals surface area contributed by atoms with Crippen molar-refractivity contribution in [3.05, 3.63) is 46.6 Å². The van der Waals surface area contributed by atoms with Gasteiger partial charge in [-0.3, -0.25) is 14.1 Å². The first-order chi connectivity index (χ1) is 12.7. The van der Waals surface area contributed by atoms with Gasteiger partial charge in [-0.05, 0) is 39.8 Å². The highest BCUT2D eigenvalue weighted by Crippen LogP contribution is 2.26. The van der Waals surface area contributed by atoms with E-state index in [-0.39, 0.29) is 17.8 Å². The Morgan fingerprint density at radius 3 is 2.78 bits per heavy atom. The molecule has 4 rings (SSSR count). The first-order valence-electron chi connectivity index (χ1n) is 8.99. The van der Waals surface area contributed by atoms with Crippen LogP contribution in [0.3, 0.4) is 0 Å². The van der Waals surface area contributed by atoms with Crippen molar-refractivity contribution < 1.29 is 9.53 Å². The van der Waals surface area contributed by atoms with Gasteiger partial charge in [-0.2, -0.15) is 5.10 Å². The number of hydrogen-bond acceptors (Lipinski definition) is 4. The number of ether oxygens (including phenoxy) is 1. The lowest BCUT2D eigenvalue weighted by atomic mass is 10.2. The summed E-state index contributed by atoms with van der Waals surface area (Å²) in [5, 5.41) is 4.44. The second-order valence-electron chi connectivity index (χ2n) is 7.90. The Labute approximate surface area is 156 Å². The molecule has 3 heterocycles. The molecule has 1 N–H and O–H groups in total. The smallest absolute Gasteiger partial charge is 0.410 e. The molecule has 3 aromatic rings. The van der Waals surface area contributed by atoms with Crippen LogP contribution in [-0.2, 0) is 17.8 Å². The summed E-state index contributed by atoms with van der Waals surface area (Å²) < 4.78 is 9.01. The van der Waals surface area contributed by atoms with E-state index in [9.17, 15) is 9.59 Å². The summed E-state index contributed by atoms with van der Waals surface area (Å²) in [6.07, 6.45) is 1.32. The second-order valence-corrected chi connectivity index (χ2v) is 7.90. The summed E-state index contributed by atoms with van der Waals surface area (Å²) in [6, 6.07) is 7.45. The molecule has 1 amide bonds. The molecule has 0 aliphatic carbocycles. The zero-order valence-corrected chi connectivity index (χ0v) is 15.9. The maximum Gasteiger partial charge on any atom is 0.410 e. The van der Waals surface area contributed by atoms with Crippen molar-refractivity contribution in [2.45, 2.75) is 52.4 Å². The number of aromatic amines is 1. The van der Waals surface area contributed by atoms with Crippen LogP contribution in [0.5, 0.6) is 0 Å². The van der Waals surface area contributed by atoms with Gasteiger partial charge in [0.15, 0.2) is 0 Å². The topological polar surface area (TPSA) is 85.2 Å². The fourth-order valence-electron chi connectivity index (χ4n) is 3.43. The fourth-order valence-corrected chi connectivity index (χ4v) is 3.43. The van der Waals surface area contributed by atoms with Gasteiger partial charge in [0.05, 0.1) is 47.7 Å². The number of fused-ring (bicyclic) bond motifs is 2. The van der Waals surface area contributed by atoms with E-state index >= 15 is 0 Å². The van der Waals surface area contributed by atoms with Crippen LogP contribution in [0.2, 0.25) is 0 Å². The van der Waals surface area contributed by atoms with Gasteiger partial charge in [-0.25, -0.2) is 9.59 Å². The van der Waals surface area contributed by atoms with E-state index in [1.165, 1.54) is 0 Å². The molecule has 0 radical (unpaired) electrons. The average molecular weight is 369 g/mol. The molecule has 1 atom stereocenters. The van der Waals surface area contributed by atoms with E-state index in [2.05, 4.69) is 10.1 Å². The van der Waals surface area contributed by atoms with Crippen LogP contribution in [0.1, 0.15) is 33.4 Å². The van der Waals surface area contributed by atoms with Crippen molar-refractivity contribution in [3.63, 3.8) is 0 Å². The largest absolute Gasteiger partial charge is 0.444 e. The average Bonchev–Trinajstić information content (AvgIpc) is 3.11. The second kappa shape index (κ2) is 6.00. The van der Waals surface area contributed by atoms with Crippen molar-refractivity contribution in [2.75, 3.05) is 0 Å². The van der Waals surface area contributed by atoms with E-state index in [1.807, 2.05) is 56.6 Å². The fraction of sp³-hybridized carbons (Fsp3) is 0.421. The van der Waals surface area contributed by atoms with Crippen molar-refractivity contribution in [2.24, 2.45) is 0 Å². The Bertz CT molecular complexity index is 1070. The molecule has 142 valence electrons. The summed E-state index contributed by atoms with van der Waals surface area (Å²) in [5.74, 6) is 0. The van der Waals surface area contributed by atoms with Crippen LogP contribution in [0.15, 0.2) is 35.3 Å². The van der Waals surface area contributed by atoms with Crippen LogP contribution in [0.25, 0.3) is 16.7 Å².